The van der Waals surface area contributed by atoms with Gasteiger partial charge >= 0.3 is 5.97 Å². The van der Waals surface area contributed by atoms with E-state index in [0.717, 1.165) is 22.4 Å². The topological polar surface area (TPSA) is 89.3 Å². The van der Waals surface area contributed by atoms with E-state index < -0.39 is 5.97 Å². The quantitative estimate of drug-likeness (QED) is 0.672. The molecule has 4 nitrogen and oxygen atoms in total. The summed E-state index contributed by atoms with van der Waals surface area (Å²) in [6.45, 7) is 4.16. The first kappa shape index (κ1) is 12.5. The zero-order chi connectivity index (χ0) is 12.3. The van der Waals surface area contributed by atoms with Gasteiger partial charge in [0, 0.05) is 11.6 Å². The van der Waals surface area contributed by atoms with Gasteiger partial charge in [0.2, 0.25) is 0 Å². The van der Waals surface area contributed by atoms with E-state index in [0.29, 0.717) is 6.54 Å². The molecule has 0 bridgehead atoms. The summed E-state index contributed by atoms with van der Waals surface area (Å²) >= 11 is 0. The van der Waals surface area contributed by atoms with Crippen molar-refractivity contribution in [2.75, 3.05) is 12.3 Å². The van der Waals surface area contributed by atoms with Gasteiger partial charge in [0.15, 0.2) is 0 Å². The average Bonchev–Trinajstić information content (AvgIpc) is 2.21. The summed E-state index contributed by atoms with van der Waals surface area (Å²) in [4.78, 5) is 10.7. The van der Waals surface area contributed by atoms with Gasteiger partial charge in [-0.05, 0) is 37.1 Å². The normalized spacial score (nSPS) is 12.4. The van der Waals surface area contributed by atoms with Gasteiger partial charge in [0.25, 0.3) is 0 Å². The zero-order valence-corrected chi connectivity index (χ0v) is 9.66. The molecular weight excluding hydrogens is 204 g/mol. The number of anilines is 1. The number of nitrogen functional groups attached to an aromatic ring is 1. The molecule has 1 unspecified atom stereocenters. The fourth-order valence-electron chi connectivity index (χ4n) is 1.79. The van der Waals surface area contributed by atoms with Crippen molar-refractivity contribution in [3.63, 3.8) is 0 Å². The fourth-order valence-corrected chi connectivity index (χ4v) is 1.79. The Morgan fingerprint density at radius 1 is 1.38 bits per heavy atom. The summed E-state index contributed by atoms with van der Waals surface area (Å²) in [6, 6.07) is 3.84. The van der Waals surface area contributed by atoms with Crippen LogP contribution in [0.5, 0.6) is 0 Å². The highest BCUT2D eigenvalue weighted by Crippen LogP contribution is 2.25. The van der Waals surface area contributed by atoms with Gasteiger partial charge in [-0.3, -0.25) is 4.79 Å². The lowest BCUT2D eigenvalue weighted by Crippen LogP contribution is -2.16. The van der Waals surface area contributed by atoms with Gasteiger partial charge in [0.05, 0.1) is 6.42 Å². The molecule has 88 valence electrons. The molecule has 16 heavy (non-hydrogen) atoms. The number of benzene rings is 1. The number of aliphatic carboxylic acids is 1. The van der Waals surface area contributed by atoms with Crippen molar-refractivity contribution < 1.29 is 9.90 Å². The number of carbonyl (C=O) groups is 1. The summed E-state index contributed by atoms with van der Waals surface area (Å²) in [5, 5.41) is 8.79. The Morgan fingerprint density at radius 2 is 1.88 bits per heavy atom. The van der Waals surface area contributed by atoms with Crippen LogP contribution in [0.2, 0.25) is 0 Å². The number of aryl methyl sites for hydroxylation is 2. The summed E-state index contributed by atoms with van der Waals surface area (Å²) in [6.07, 6.45) is 0.0549. The molecule has 1 aromatic carbocycles. The van der Waals surface area contributed by atoms with Crippen LogP contribution in [0, 0.1) is 13.8 Å². The Balaban J connectivity index is 3.06. The summed E-state index contributed by atoms with van der Waals surface area (Å²) in [7, 11) is 0. The van der Waals surface area contributed by atoms with Crippen LogP contribution in [0.25, 0.3) is 0 Å². The Hall–Kier alpha value is -1.55. The smallest absolute Gasteiger partial charge is 0.304 e. The molecule has 0 aromatic heterocycles. The minimum atomic E-state index is -0.831. The number of carboxylic acids is 1. The number of carboxylic acid groups (broad SMARTS) is 1. The average molecular weight is 222 g/mol. The minimum absolute atomic E-state index is 0.0549. The minimum Gasteiger partial charge on any atom is -0.481 e. The molecule has 4 heteroatoms. The molecule has 0 spiro atoms. The predicted octanol–water partition coefficient (Wildman–Crippen LogP) is 1.40. The van der Waals surface area contributed by atoms with E-state index in [2.05, 4.69) is 0 Å². The van der Waals surface area contributed by atoms with Gasteiger partial charge in [-0.15, -0.1) is 0 Å². The van der Waals surface area contributed by atoms with Crippen LogP contribution in [0.3, 0.4) is 0 Å². The van der Waals surface area contributed by atoms with E-state index in [4.69, 9.17) is 16.6 Å². The van der Waals surface area contributed by atoms with Crippen LogP contribution in [-0.2, 0) is 4.79 Å². The maximum Gasteiger partial charge on any atom is 0.304 e. The third-order valence-electron chi connectivity index (χ3n) is 2.79. The van der Waals surface area contributed by atoms with Crippen molar-refractivity contribution in [2.45, 2.75) is 26.2 Å². The second-order valence-electron chi connectivity index (χ2n) is 4.10. The van der Waals surface area contributed by atoms with Gasteiger partial charge in [-0.25, -0.2) is 0 Å². The maximum atomic E-state index is 10.7. The third kappa shape index (κ3) is 2.73. The number of nitrogens with two attached hydrogens (primary N) is 2. The first-order chi connectivity index (χ1) is 7.45. The molecule has 0 aliphatic heterocycles. The second-order valence-corrected chi connectivity index (χ2v) is 4.10. The Morgan fingerprint density at radius 3 is 2.25 bits per heavy atom. The van der Waals surface area contributed by atoms with Crippen LogP contribution in [0.15, 0.2) is 12.1 Å². The third-order valence-corrected chi connectivity index (χ3v) is 2.79. The highest BCUT2D eigenvalue weighted by Gasteiger charge is 2.15. The molecular formula is C12H18N2O2. The van der Waals surface area contributed by atoms with Crippen LogP contribution < -0.4 is 11.5 Å². The molecule has 5 N–H and O–H groups in total. The lowest BCUT2D eigenvalue weighted by Gasteiger charge is -2.16. The Kier molecular flexibility index (Phi) is 3.90. The largest absolute Gasteiger partial charge is 0.481 e. The first-order valence-electron chi connectivity index (χ1n) is 5.24. The van der Waals surface area contributed by atoms with Crippen molar-refractivity contribution in [3.8, 4) is 0 Å². The van der Waals surface area contributed by atoms with E-state index >= 15 is 0 Å². The van der Waals surface area contributed by atoms with Gasteiger partial charge in [0.1, 0.15) is 0 Å². The van der Waals surface area contributed by atoms with E-state index in [1.807, 2.05) is 26.0 Å². The highest BCUT2D eigenvalue weighted by molar-refractivity contribution is 5.68. The van der Waals surface area contributed by atoms with Gasteiger partial charge < -0.3 is 16.6 Å². The lowest BCUT2D eigenvalue weighted by atomic mass is 9.92. The summed E-state index contributed by atoms with van der Waals surface area (Å²) in [5.74, 6) is -0.974. The van der Waals surface area contributed by atoms with Crippen molar-refractivity contribution in [1.82, 2.24) is 0 Å². The molecule has 0 aliphatic carbocycles. The predicted molar refractivity (Wildman–Crippen MR) is 64.4 cm³/mol. The molecule has 0 radical (unpaired) electrons. The van der Waals surface area contributed by atoms with Gasteiger partial charge in [-0.1, -0.05) is 12.1 Å². The van der Waals surface area contributed by atoms with Crippen molar-refractivity contribution in [3.05, 3.63) is 28.8 Å². The van der Waals surface area contributed by atoms with Crippen LogP contribution in [0.1, 0.15) is 29.0 Å². The molecule has 0 saturated heterocycles. The van der Waals surface area contributed by atoms with E-state index in [9.17, 15) is 4.79 Å². The monoisotopic (exact) mass is 222 g/mol. The SMILES string of the molecule is Cc1cc(C(CN)CC(=O)O)cc(C)c1N. The maximum absolute atomic E-state index is 10.7. The van der Waals surface area contributed by atoms with E-state index in [1.165, 1.54) is 0 Å². The number of hydrogen-bond acceptors (Lipinski definition) is 3. The van der Waals surface area contributed by atoms with Crippen LogP contribution >= 0.6 is 0 Å². The molecule has 0 fully saturated rings. The Bertz CT molecular complexity index is 379. The summed E-state index contributed by atoms with van der Waals surface area (Å²) < 4.78 is 0. The molecule has 1 atom stereocenters. The fraction of sp³-hybridized carbons (Fsp3) is 0.417. The highest BCUT2D eigenvalue weighted by atomic mass is 16.4. The molecule has 1 aromatic rings. The molecule has 1 rings (SSSR count). The van der Waals surface area contributed by atoms with Crippen molar-refractivity contribution in [2.24, 2.45) is 5.73 Å². The van der Waals surface area contributed by atoms with E-state index in [-0.39, 0.29) is 12.3 Å². The second kappa shape index (κ2) is 4.99. The molecule has 0 heterocycles. The van der Waals surface area contributed by atoms with Crippen LogP contribution in [0.4, 0.5) is 5.69 Å². The molecule has 0 saturated carbocycles. The van der Waals surface area contributed by atoms with E-state index in [1.54, 1.807) is 0 Å². The lowest BCUT2D eigenvalue weighted by molar-refractivity contribution is -0.137. The van der Waals surface area contributed by atoms with Crippen molar-refractivity contribution >= 4 is 11.7 Å². The number of rotatable bonds is 4. The Labute approximate surface area is 95.3 Å². The van der Waals surface area contributed by atoms with Crippen molar-refractivity contribution in [1.29, 1.82) is 0 Å². The number of hydrogen-bond donors (Lipinski definition) is 3. The van der Waals surface area contributed by atoms with Gasteiger partial charge in [-0.2, -0.15) is 0 Å². The molecule has 0 aliphatic rings. The first-order valence-corrected chi connectivity index (χ1v) is 5.24. The zero-order valence-electron chi connectivity index (χ0n) is 9.66. The van der Waals surface area contributed by atoms with Crippen LogP contribution in [-0.4, -0.2) is 17.6 Å². The summed E-state index contributed by atoms with van der Waals surface area (Å²) in [5.41, 5.74) is 15.1. The standard InChI is InChI=1S/C12H18N2O2/c1-7-3-9(4-8(2)12(7)14)10(6-13)5-11(15)16/h3-4,10H,5-6,13-14H2,1-2H3,(H,15,16). The molecule has 0 amide bonds.